The van der Waals surface area contributed by atoms with Gasteiger partial charge in [0.1, 0.15) is 17.9 Å². The van der Waals surface area contributed by atoms with E-state index in [0.717, 1.165) is 24.8 Å². The number of carboxylic acids is 1. The highest BCUT2D eigenvalue weighted by atomic mass is 32.2. The zero-order chi connectivity index (χ0) is 38.6. The number of carboxylic acid groups (broad SMARTS) is 1. The first-order valence-corrected chi connectivity index (χ1v) is 19.6. The Morgan fingerprint density at radius 3 is 1.92 bits per heavy atom. The maximum atomic E-state index is 12.9. The minimum absolute atomic E-state index is 0.0471. The lowest BCUT2D eigenvalue weighted by atomic mass is 10.0. The summed E-state index contributed by atoms with van der Waals surface area (Å²) in [4.78, 5) is 73.6. The van der Waals surface area contributed by atoms with E-state index < -0.39 is 42.3 Å². The molecule has 0 aromatic heterocycles. The fraction of sp³-hybridized carbons (Fsp3) is 0.676. The predicted octanol–water partition coefficient (Wildman–Crippen LogP) is 4.39. The quantitative estimate of drug-likeness (QED) is 0.0713. The molecule has 2 atom stereocenters. The number of carbonyl (C=O) groups is 6. The van der Waals surface area contributed by atoms with Gasteiger partial charge in [-0.05, 0) is 68.2 Å². The van der Waals surface area contributed by atoms with Crippen molar-refractivity contribution in [3.05, 3.63) is 35.4 Å². The van der Waals surface area contributed by atoms with E-state index in [2.05, 4.69) is 45.7 Å². The summed E-state index contributed by atoms with van der Waals surface area (Å²) < 4.78 is 0. The van der Waals surface area contributed by atoms with Gasteiger partial charge in [-0.3, -0.25) is 19.2 Å². The zero-order valence-corrected chi connectivity index (χ0v) is 32.6. The van der Waals surface area contributed by atoms with Crippen molar-refractivity contribution in [1.29, 1.82) is 0 Å². The molecule has 14 heteroatoms. The molecule has 0 aliphatic heterocycles. The van der Waals surface area contributed by atoms with Crippen molar-refractivity contribution in [2.24, 2.45) is 5.92 Å². The van der Waals surface area contributed by atoms with E-state index in [1.807, 2.05) is 46.1 Å². The van der Waals surface area contributed by atoms with Crippen LogP contribution in [0.2, 0.25) is 0 Å². The number of aliphatic carboxylic acids is 1. The molecule has 13 nitrogen and oxygen atoms in total. The lowest BCUT2D eigenvalue weighted by Crippen LogP contribution is -2.51. The summed E-state index contributed by atoms with van der Waals surface area (Å²) in [6.07, 6.45) is 7.56. The lowest BCUT2D eigenvalue weighted by molar-refractivity contribution is -0.142. The highest BCUT2D eigenvalue weighted by molar-refractivity contribution is 7.98. The van der Waals surface area contributed by atoms with Gasteiger partial charge in [-0.1, -0.05) is 66.5 Å². The second kappa shape index (κ2) is 29.0. The van der Waals surface area contributed by atoms with Gasteiger partial charge in [0.2, 0.25) is 11.8 Å². The van der Waals surface area contributed by atoms with Crippen LogP contribution in [0.4, 0.5) is 4.79 Å². The molecule has 0 bridgehead atoms. The molecule has 51 heavy (non-hydrogen) atoms. The van der Waals surface area contributed by atoms with E-state index in [1.165, 1.54) is 18.2 Å². The molecule has 7 N–H and O–H groups in total. The van der Waals surface area contributed by atoms with Crippen molar-refractivity contribution in [3.8, 4) is 0 Å². The van der Waals surface area contributed by atoms with Crippen LogP contribution >= 0.6 is 11.8 Å². The molecule has 2 unspecified atom stereocenters. The minimum Gasteiger partial charge on any atom is -0.480 e. The highest BCUT2D eigenvalue weighted by Gasteiger charge is 2.24. The Kier molecular flexibility index (Phi) is 26.9. The number of hydrogen-bond donors (Lipinski definition) is 7. The number of thioether (sulfide) groups is 1. The third-order valence-corrected chi connectivity index (χ3v) is 8.10. The smallest absolute Gasteiger partial charge is 0.326 e. The van der Waals surface area contributed by atoms with Gasteiger partial charge in [-0.2, -0.15) is 11.8 Å². The van der Waals surface area contributed by atoms with Crippen LogP contribution in [0.1, 0.15) is 115 Å². The number of nitrogens with one attached hydrogen (secondary N) is 6. The lowest BCUT2D eigenvalue weighted by Gasteiger charge is -2.19. The summed E-state index contributed by atoms with van der Waals surface area (Å²) >= 11 is 1.52. The minimum atomic E-state index is -1.20. The Hall–Kier alpha value is -3.65. The van der Waals surface area contributed by atoms with E-state index >= 15 is 0 Å². The first-order chi connectivity index (χ1) is 24.2. The van der Waals surface area contributed by atoms with Crippen LogP contribution in [0.25, 0.3) is 0 Å². The summed E-state index contributed by atoms with van der Waals surface area (Å²) in [7, 11) is 0. The summed E-state index contributed by atoms with van der Waals surface area (Å²) in [5.74, 6) is -1.92. The Morgan fingerprint density at radius 2 is 1.37 bits per heavy atom. The van der Waals surface area contributed by atoms with Crippen LogP contribution in [-0.2, 0) is 25.7 Å². The molecule has 1 aromatic rings. The fourth-order valence-electron chi connectivity index (χ4n) is 4.46. The summed E-state index contributed by atoms with van der Waals surface area (Å²) in [6.45, 7) is 13.2. The fourth-order valence-corrected chi connectivity index (χ4v) is 4.94. The predicted molar refractivity (Wildman–Crippen MR) is 205 cm³/mol. The molecule has 0 aliphatic carbocycles. The first kappa shape index (κ1) is 47.4. The average molecular weight is 737 g/mol. The van der Waals surface area contributed by atoms with Gasteiger partial charge in [0.25, 0.3) is 5.91 Å². The van der Waals surface area contributed by atoms with Crippen LogP contribution in [-0.4, -0.2) is 90.4 Å². The summed E-state index contributed by atoms with van der Waals surface area (Å²) in [6, 6.07) is 5.08. The first-order valence-electron chi connectivity index (χ1n) is 18.2. The van der Waals surface area contributed by atoms with E-state index in [-0.39, 0.29) is 24.2 Å². The molecule has 0 saturated heterocycles. The highest BCUT2D eigenvalue weighted by Crippen LogP contribution is 2.08. The van der Waals surface area contributed by atoms with Crippen molar-refractivity contribution in [1.82, 2.24) is 31.9 Å². The van der Waals surface area contributed by atoms with Gasteiger partial charge >= 0.3 is 12.0 Å². The van der Waals surface area contributed by atoms with Crippen LogP contribution in [0, 0.1) is 5.92 Å². The Balaban J connectivity index is 0.00000802. The van der Waals surface area contributed by atoms with Gasteiger partial charge in [0.05, 0.1) is 6.54 Å². The number of rotatable bonds is 25. The maximum Gasteiger partial charge on any atom is 0.326 e. The maximum absolute atomic E-state index is 12.9. The van der Waals surface area contributed by atoms with Crippen LogP contribution in [0.5, 0.6) is 0 Å². The van der Waals surface area contributed by atoms with Crippen molar-refractivity contribution in [2.45, 2.75) is 124 Å². The molecule has 5 amide bonds. The van der Waals surface area contributed by atoms with Crippen molar-refractivity contribution < 1.29 is 33.9 Å². The number of urea groups is 1. The third-order valence-electron chi connectivity index (χ3n) is 7.45. The van der Waals surface area contributed by atoms with Crippen molar-refractivity contribution >= 4 is 47.3 Å². The van der Waals surface area contributed by atoms with Gasteiger partial charge in [0.15, 0.2) is 0 Å². The Morgan fingerprint density at radius 1 is 0.765 bits per heavy atom. The number of carbonyl (C=O) groups excluding carboxylic acids is 5. The molecule has 0 spiro atoms. The molecule has 290 valence electrons. The largest absolute Gasteiger partial charge is 0.480 e. The van der Waals surface area contributed by atoms with Gasteiger partial charge in [0, 0.05) is 43.6 Å². The number of amides is 5. The third kappa shape index (κ3) is 24.2. The Labute approximate surface area is 309 Å². The van der Waals surface area contributed by atoms with Crippen molar-refractivity contribution in [2.75, 3.05) is 31.6 Å². The average Bonchev–Trinajstić information content (AvgIpc) is 3.09. The molecule has 0 heterocycles. The van der Waals surface area contributed by atoms with E-state index in [0.29, 0.717) is 62.7 Å². The molecule has 0 radical (unpaired) electrons. The number of hydrogen-bond acceptors (Lipinski definition) is 8. The van der Waals surface area contributed by atoms with Crippen molar-refractivity contribution in [3.63, 3.8) is 0 Å². The molecule has 1 rings (SSSR count). The van der Waals surface area contributed by atoms with Crippen LogP contribution in [0.15, 0.2) is 24.3 Å². The number of ketones is 1. The van der Waals surface area contributed by atoms with Crippen LogP contribution < -0.4 is 31.9 Å². The van der Waals surface area contributed by atoms with E-state index in [1.54, 1.807) is 12.1 Å². The number of benzene rings is 1. The Bertz CT molecular complexity index is 1180. The zero-order valence-electron chi connectivity index (χ0n) is 31.8. The van der Waals surface area contributed by atoms with E-state index in [4.69, 9.17) is 0 Å². The normalized spacial score (nSPS) is 11.9. The topological polar surface area (TPSA) is 195 Å². The number of unbranched alkanes of at least 4 members (excludes halogenated alkanes) is 3. The number of Topliss-reactive ketones (excluding diaryl/α,β-unsaturated/α-hetero) is 1. The second-order valence-corrected chi connectivity index (χ2v) is 14.0. The monoisotopic (exact) mass is 736 g/mol. The molecule has 1 aromatic carbocycles. The second-order valence-electron chi connectivity index (χ2n) is 13.0. The molecular formula is C37H64N6O7S. The SMILES string of the molecule is CCC.CSCCC(NC(=O)c1ccc(CNC(C)C)cc1)C(=O)NCC(=O)NC(CCCCNC(=O)NCCCCCC(=O)C(C)C)C(=O)O. The van der Waals surface area contributed by atoms with E-state index in [9.17, 15) is 33.9 Å². The van der Waals surface area contributed by atoms with Gasteiger partial charge < -0.3 is 37.0 Å². The van der Waals surface area contributed by atoms with Gasteiger partial charge in [-0.25, -0.2) is 9.59 Å². The molecule has 0 saturated carbocycles. The molecular weight excluding hydrogens is 673 g/mol. The molecule has 0 fully saturated rings. The summed E-state index contributed by atoms with van der Waals surface area (Å²) in [5, 5.41) is 26.0. The standard InChI is InChI=1S/C34H56N6O7S.C3H8/c1-23(2)29(41)12-7-6-9-18-35-34(47)36-19-10-8-11-28(33(45)46)39-30(42)22-38-32(44)27(17-20-48-5)40-31(43)26-15-13-25(14-16-26)21-37-24(3)4;1-3-2/h13-16,23-24,27-28,37H,6-12,17-22H2,1-5H3,(H,38,44)(H,39,42)(H,40,43)(H,45,46)(H2,35,36,47);3H2,1-2H3. The van der Waals surface area contributed by atoms with Gasteiger partial charge in [-0.15, -0.1) is 0 Å². The molecule has 0 aliphatic rings. The summed E-state index contributed by atoms with van der Waals surface area (Å²) in [5.41, 5.74) is 1.43. The van der Waals surface area contributed by atoms with Crippen LogP contribution in [0.3, 0.4) is 0 Å².